The fourth-order valence-electron chi connectivity index (χ4n) is 2.70. The number of rotatable bonds is 7. The fourth-order valence-corrected chi connectivity index (χ4v) is 5.00. The normalized spacial score (nSPS) is 13.7. The molecular formula is C16H18ClF3N4O4S2. The summed E-state index contributed by atoms with van der Waals surface area (Å²) in [6.45, 7) is 2.85. The molecule has 0 bridgehead atoms. The van der Waals surface area contributed by atoms with Gasteiger partial charge in [0.15, 0.2) is 5.82 Å². The molecular weight excluding hydrogens is 469 g/mol. The van der Waals surface area contributed by atoms with Crippen LogP contribution in [0.1, 0.15) is 25.1 Å². The van der Waals surface area contributed by atoms with Crippen LogP contribution in [0, 0.1) is 0 Å². The van der Waals surface area contributed by atoms with Crippen LogP contribution in [0.5, 0.6) is 0 Å². The molecule has 0 aliphatic heterocycles. The number of alkyl halides is 3. The van der Waals surface area contributed by atoms with Gasteiger partial charge in [-0.3, -0.25) is 8.51 Å². The minimum Gasteiger partial charge on any atom is -0.411 e. The predicted octanol–water partition coefficient (Wildman–Crippen LogP) is 3.27. The lowest BCUT2D eigenvalue weighted by Crippen LogP contribution is -2.34. The van der Waals surface area contributed by atoms with Crippen LogP contribution in [-0.4, -0.2) is 52.4 Å². The molecule has 0 aliphatic rings. The molecule has 1 N–H and O–H groups in total. The highest BCUT2D eigenvalue weighted by atomic mass is 35.5. The third kappa shape index (κ3) is 4.62. The van der Waals surface area contributed by atoms with Crippen LogP contribution in [0.4, 0.5) is 19.0 Å². The second kappa shape index (κ2) is 8.94. The number of benzene rings is 1. The Hall–Kier alpha value is -2.12. The molecule has 2 aromatic rings. The highest BCUT2D eigenvalue weighted by molar-refractivity contribution is 7.92. The molecule has 2 rings (SSSR count). The predicted molar refractivity (Wildman–Crippen MR) is 108 cm³/mol. The standard InChI is InChI=1S/C16H18ClF3N4O4S2/c1-4-23(30(27,28)5-2)15-14(29(3)26)12(9-21-25)22-24(15)13-7-6-10(8-11(13)17)16(18,19)20/h6-9,25H,4-5H2,1-3H3. The van der Waals surface area contributed by atoms with Gasteiger partial charge in [-0.15, -0.1) is 0 Å². The summed E-state index contributed by atoms with van der Waals surface area (Å²) in [6.07, 6.45) is -2.53. The van der Waals surface area contributed by atoms with Crippen LogP contribution in [0.25, 0.3) is 5.69 Å². The van der Waals surface area contributed by atoms with Gasteiger partial charge in [0.2, 0.25) is 10.0 Å². The molecule has 0 amide bonds. The Labute approximate surface area is 178 Å². The average molecular weight is 487 g/mol. The van der Waals surface area contributed by atoms with Crippen molar-refractivity contribution in [2.45, 2.75) is 24.9 Å². The number of aromatic nitrogens is 2. The Bertz CT molecular complexity index is 1100. The molecule has 1 aromatic heterocycles. The second-order valence-electron chi connectivity index (χ2n) is 5.88. The Morgan fingerprint density at radius 2 is 2.00 bits per heavy atom. The molecule has 166 valence electrons. The molecule has 1 heterocycles. The molecule has 1 aromatic carbocycles. The lowest BCUT2D eigenvalue weighted by molar-refractivity contribution is -0.137. The van der Waals surface area contributed by atoms with Gasteiger partial charge in [-0.2, -0.15) is 18.3 Å². The van der Waals surface area contributed by atoms with E-state index in [1.165, 1.54) is 20.1 Å². The lowest BCUT2D eigenvalue weighted by Gasteiger charge is -2.24. The number of anilines is 1. The van der Waals surface area contributed by atoms with Gasteiger partial charge in [0, 0.05) is 12.8 Å². The summed E-state index contributed by atoms with van der Waals surface area (Å²) in [5.74, 6) is -0.469. The zero-order valence-electron chi connectivity index (χ0n) is 16.0. The van der Waals surface area contributed by atoms with Crippen molar-refractivity contribution in [2.24, 2.45) is 5.16 Å². The first-order valence-electron chi connectivity index (χ1n) is 8.40. The molecule has 0 radical (unpaired) electrons. The van der Waals surface area contributed by atoms with Crippen molar-refractivity contribution >= 4 is 44.5 Å². The highest BCUT2D eigenvalue weighted by Crippen LogP contribution is 2.37. The van der Waals surface area contributed by atoms with Crippen LogP contribution >= 0.6 is 11.6 Å². The fraction of sp³-hybridized carbons (Fsp3) is 0.375. The van der Waals surface area contributed by atoms with E-state index < -0.39 is 32.6 Å². The Kier molecular flexibility index (Phi) is 7.20. The van der Waals surface area contributed by atoms with Gasteiger partial charge in [0.05, 0.1) is 39.0 Å². The maximum absolute atomic E-state index is 13.0. The summed E-state index contributed by atoms with van der Waals surface area (Å²) in [6, 6.07) is 2.46. The molecule has 8 nitrogen and oxygen atoms in total. The summed E-state index contributed by atoms with van der Waals surface area (Å²) in [5.41, 5.74) is -1.21. The number of halogens is 4. The smallest absolute Gasteiger partial charge is 0.411 e. The molecule has 0 saturated carbocycles. The van der Waals surface area contributed by atoms with Crippen molar-refractivity contribution in [3.8, 4) is 5.69 Å². The van der Waals surface area contributed by atoms with Crippen molar-refractivity contribution in [1.82, 2.24) is 9.78 Å². The third-order valence-electron chi connectivity index (χ3n) is 4.04. The van der Waals surface area contributed by atoms with Crippen LogP contribution in [0.2, 0.25) is 5.02 Å². The first kappa shape index (κ1) is 24.2. The zero-order chi connectivity index (χ0) is 22.9. The van der Waals surface area contributed by atoms with Crippen LogP contribution < -0.4 is 4.31 Å². The Morgan fingerprint density at radius 3 is 2.43 bits per heavy atom. The van der Waals surface area contributed by atoms with E-state index in [-0.39, 0.29) is 39.4 Å². The maximum Gasteiger partial charge on any atom is 0.416 e. The number of nitrogens with zero attached hydrogens (tertiary/aromatic N) is 4. The van der Waals surface area contributed by atoms with Crippen molar-refractivity contribution in [3.63, 3.8) is 0 Å². The summed E-state index contributed by atoms with van der Waals surface area (Å²) >= 11 is 6.07. The van der Waals surface area contributed by atoms with E-state index >= 15 is 0 Å². The van der Waals surface area contributed by atoms with E-state index in [0.717, 1.165) is 27.3 Å². The first-order valence-corrected chi connectivity index (χ1v) is 11.9. The topological polar surface area (TPSA) is 105 Å². The number of hydrogen-bond donors (Lipinski definition) is 1. The number of hydrogen-bond acceptors (Lipinski definition) is 6. The Morgan fingerprint density at radius 1 is 1.37 bits per heavy atom. The second-order valence-corrected chi connectivity index (χ2v) is 9.78. The summed E-state index contributed by atoms with van der Waals surface area (Å²) in [4.78, 5) is -0.0809. The zero-order valence-corrected chi connectivity index (χ0v) is 18.4. The largest absolute Gasteiger partial charge is 0.416 e. The third-order valence-corrected chi connectivity index (χ3v) is 7.14. The lowest BCUT2D eigenvalue weighted by atomic mass is 10.2. The van der Waals surface area contributed by atoms with Crippen molar-refractivity contribution in [1.29, 1.82) is 0 Å². The van der Waals surface area contributed by atoms with E-state index in [4.69, 9.17) is 16.8 Å². The van der Waals surface area contributed by atoms with E-state index in [9.17, 15) is 25.8 Å². The van der Waals surface area contributed by atoms with Crippen LogP contribution in [-0.2, 0) is 27.0 Å². The van der Waals surface area contributed by atoms with Crippen LogP contribution in [0.3, 0.4) is 0 Å². The average Bonchev–Trinajstić information content (AvgIpc) is 3.00. The highest BCUT2D eigenvalue weighted by Gasteiger charge is 2.34. The van der Waals surface area contributed by atoms with E-state index in [1.807, 2.05) is 0 Å². The Balaban J connectivity index is 2.93. The molecule has 0 saturated heterocycles. The van der Waals surface area contributed by atoms with Crippen molar-refractivity contribution in [2.75, 3.05) is 22.9 Å². The van der Waals surface area contributed by atoms with Gasteiger partial charge in [-0.25, -0.2) is 13.1 Å². The van der Waals surface area contributed by atoms with Gasteiger partial charge in [-0.05, 0) is 32.0 Å². The molecule has 0 spiro atoms. The van der Waals surface area contributed by atoms with Crippen molar-refractivity contribution in [3.05, 3.63) is 34.5 Å². The molecule has 0 fully saturated rings. The van der Waals surface area contributed by atoms with Crippen molar-refractivity contribution < 1.29 is 31.0 Å². The van der Waals surface area contributed by atoms with Gasteiger partial charge in [-0.1, -0.05) is 16.8 Å². The molecule has 1 unspecified atom stereocenters. The van der Waals surface area contributed by atoms with Gasteiger partial charge >= 0.3 is 6.18 Å². The van der Waals surface area contributed by atoms with E-state index in [2.05, 4.69) is 10.3 Å². The molecule has 1 atom stereocenters. The van der Waals surface area contributed by atoms with E-state index in [1.54, 1.807) is 0 Å². The quantitative estimate of drug-likeness (QED) is 0.367. The first-order chi connectivity index (χ1) is 13.9. The summed E-state index contributed by atoms with van der Waals surface area (Å²) in [7, 11) is -5.69. The monoisotopic (exact) mass is 486 g/mol. The minimum atomic E-state index is -4.64. The number of sulfonamides is 1. The number of oxime groups is 1. The van der Waals surface area contributed by atoms with Gasteiger partial charge in [0.1, 0.15) is 10.6 Å². The van der Waals surface area contributed by atoms with Crippen LogP contribution in [0.15, 0.2) is 28.3 Å². The molecule has 14 heteroatoms. The summed E-state index contributed by atoms with van der Waals surface area (Å²) < 4.78 is 78.6. The van der Waals surface area contributed by atoms with Gasteiger partial charge < -0.3 is 5.21 Å². The van der Waals surface area contributed by atoms with Gasteiger partial charge in [0.25, 0.3) is 0 Å². The van der Waals surface area contributed by atoms with E-state index in [0.29, 0.717) is 6.07 Å². The summed E-state index contributed by atoms with van der Waals surface area (Å²) in [5, 5.41) is 15.5. The molecule has 0 aliphatic carbocycles. The minimum absolute atomic E-state index is 0.0753. The SMILES string of the molecule is CCN(c1c(S(C)=O)c(C=NO)nn1-c1ccc(C(F)(F)F)cc1Cl)S(=O)(=O)CC. The molecule has 30 heavy (non-hydrogen) atoms. The maximum atomic E-state index is 13.0.